The molecule has 29 heavy (non-hydrogen) atoms. The molecule has 2 aromatic heterocycles. The van der Waals surface area contributed by atoms with Gasteiger partial charge in [-0.1, -0.05) is 13.3 Å². The number of carbonyl (C=O) groups is 1. The van der Waals surface area contributed by atoms with Gasteiger partial charge in [-0.25, -0.2) is 9.67 Å². The van der Waals surface area contributed by atoms with Crippen LogP contribution in [0.3, 0.4) is 0 Å². The molecule has 0 radical (unpaired) electrons. The molecule has 0 saturated carbocycles. The number of likely N-dealkylation sites (tertiary alicyclic amines) is 1. The summed E-state index contributed by atoms with van der Waals surface area (Å²) in [5.74, 6) is 0.724. The van der Waals surface area contributed by atoms with E-state index in [1.165, 1.54) is 19.4 Å². The number of hydrogen-bond donors (Lipinski definition) is 1. The minimum absolute atomic E-state index is 0.133. The zero-order valence-corrected chi connectivity index (χ0v) is 18.5. The van der Waals surface area contributed by atoms with Crippen molar-refractivity contribution in [3.8, 4) is 5.88 Å². The van der Waals surface area contributed by atoms with E-state index in [4.69, 9.17) is 9.72 Å². The summed E-state index contributed by atoms with van der Waals surface area (Å²) in [5.41, 5.74) is 4.00. The maximum atomic E-state index is 12.6. The fraction of sp³-hybridized carbons (Fsp3) is 0.682. The average Bonchev–Trinajstić information content (AvgIpc) is 3.03. The number of ether oxygens (including phenoxy) is 1. The number of unbranched alkanes of at least 4 members (excludes halogenated alkanes) is 1. The Hall–Kier alpha value is -2.15. The fourth-order valence-corrected chi connectivity index (χ4v) is 4.33. The minimum atomic E-state index is 0.133. The predicted molar refractivity (Wildman–Crippen MR) is 115 cm³/mol. The highest BCUT2D eigenvalue weighted by Crippen LogP contribution is 2.30. The molecular weight excluding hydrogens is 366 g/mol. The molecule has 160 valence electrons. The summed E-state index contributed by atoms with van der Waals surface area (Å²) >= 11 is 0. The fourth-order valence-electron chi connectivity index (χ4n) is 4.33. The summed E-state index contributed by atoms with van der Waals surface area (Å²) in [4.78, 5) is 19.8. The summed E-state index contributed by atoms with van der Waals surface area (Å²) in [6.07, 6.45) is 5.76. The van der Waals surface area contributed by atoms with Crippen LogP contribution in [0.5, 0.6) is 5.88 Å². The molecule has 0 aromatic carbocycles. The van der Waals surface area contributed by atoms with E-state index in [9.17, 15) is 4.79 Å². The maximum absolute atomic E-state index is 12.6. The van der Waals surface area contributed by atoms with Crippen molar-refractivity contribution >= 4 is 16.9 Å². The Morgan fingerprint density at radius 2 is 2.00 bits per heavy atom. The number of pyridine rings is 1. The molecule has 0 unspecified atom stereocenters. The first kappa shape index (κ1) is 21.6. The molecule has 0 aliphatic carbocycles. The molecule has 2 aromatic rings. The van der Waals surface area contributed by atoms with Crippen molar-refractivity contribution in [2.75, 3.05) is 26.7 Å². The molecule has 3 heterocycles. The number of hydrogen-bond acceptors (Lipinski definition) is 5. The van der Waals surface area contributed by atoms with Gasteiger partial charge in [0.2, 0.25) is 11.8 Å². The molecule has 7 heteroatoms. The number of fused-ring (bicyclic) bond motifs is 1. The van der Waals surface area contributed by atoms with Crippen LogP contribution in [0.1, 0.15) is 55.8 Å². The van der Waals surface area contributed by atoms with E-state index in [0.29, 0.717) is 24.8 Å². The van der Waals surface area contributed by atoms with Crippen LogP contribution < -0.4 is 10.1 Å². The van der Waals surface area contributed by atoms with Gasteiger partial charge in [0.1, 0.15) is 0 Å². The summed E-state index contributed by atoms with van der Waals surface area (Å²) in [5, 5.41) is 8.58. The van der Waals surface area contributed by atoms with Crippen LogP contribution in [0.15, 0.2) is 0 Å². The summed E-state index contributed by atoms with van der Waals surface area (Å²) in [7, 11) is 3.50. The Morgan fingerprint density at radius 1 is 1.28 bits per heavy atom. The van der Waals surface area contributed by atoms with Gasteiger partial charge in [0.25, 0.3) is 0 Å². The van der Waals surface area contributed by atoms with E-state index >= 15 is 0 Å². The van der Waals surface area contributed by atoms with Gasteiger partial charge in [0, 0.05) is 38.3 Å². The van der Waals surface area contributed by atoms with Crippen molar-refractivity contribution in [2.45, 2.75) is 65.3 Å². The Balaban J connectivity index is 1.59. The summed E-state index contributed by atoms with van der Waals surface area (Å²) < 4.78 is 7.18. The Bertz CT molecular complexity index is 853. The minimum Gasteiger partial charge on any atom is -0.479 e. The van der Waals surface area contributed by atoms with Gasteiger partial charge in [-0.2, -0.15) is 0 Å². The highest BCUT2D eigenvalue weighted by Gasteiger charge is 2.21. The molecule has 1 aliphatic rings. The maximum Gasteiger partial charge on any atom is 0.242 e. The normalized spacial score (nSPS) is 15.8. The largest absolute Gasteiger partial charge is 0.479 e. The van der Waals surface area contributed by atoms with E-state index in [-0.39, 0.29) is 5.91 Å². The van der Waals surface area contributed by atoms with Crippen molar-refractivity contribution < 1.29 is 9.53 Å². The van der Waals surface area contributed by atoms with Gasteiger partial charge < -0.3 is 15.0 Å². The Labute approximate surface area is 173 Å². The molecule has 7 nitrogen and oxygen atoms in total. The van der Waals surface area contributed by atoms with Gasteiger partial charge in [-0.15, -0.1) is 5.10 Å². The lowest BCUT2D eigenvalue weighted by molar-refractivity contribution is -0.122. The summed E-state index contributed by atoms with van der Waals surface area (Å²) in [6, 6.07) is 0.307. The average molecular weight is 402 g/mol. The lowest BCUT2D eigenvalue weighted by Crippen LogP contribution is -2.44. The highest BCUT2D eigenvalue weighted by atomic mass is 16.5. The second kappa shape index (κ2) is 9.57. The molecule has 1 fully saturated rings. The van der Waals surface area contributed by atoms with Crippen LogP contribution in [0.25, 0.3) is 11.0 Å². The van der Waals surface area contributed by atoms with Gasteiger partial charge in [-0.05, 0) is 57.2 Å². The smallest absolute Gasteiger partial charge is 0.242 e. The third kappa shape index (κ3) is 4.89. The first-order valence-electron chi connectivity index (χ1n) is 10.8. The molecule has 3 rings (SSSR count). The molecule has 0 spiro atoms. The number of piperidine rings is 1. The number of amides is 1. The van der Waals surface area contributed by atoms with E-state index in [1.807, 2.05) is 14.0 Å². The topological polar surface area (TPSA) is 72.3 Å². The van der Waals surface area contributed by atoms with Gasteiger partial charge in [-0.3, -0.25) is 4.79 Å². The Kier molecular flexibility index (Phi) is 7.11. The second-order valence-corrected chi connectivity index (χ2v) is 8.17. The number of aryl methyl sites for hydroxylation is 3. The van der Waals surface area contributed by atoms with Crippen LogP contribution in [0.2, 0.25) is 0 Å². The lowest BCUT2D eigenvalue weighted by Gasteiger charge is -2.32. The SMILES string of the molecule is CCCCN1CCC(NC(=O)CCc2c(C)nc3c(c(OC)nn3C)c2C)CC1. The molecule has 0 atom stereocenters. The lowest BCUT2D eigenvalue weighted by atomic mass is 9.99. The quantitative estimate of drug-likeness (QED) is 0.736. The highest BCUT2D eigenvalue weighted by molar-refractivity contribution is 5.86. The van der Waals surface area contributed by atoms with Crippen LogP contribution in [-0.4, -0.2) is 58.4 Å². The van der Waals surface area contributed by atoms with Crippen molar-refractivity contribution in [1.29, 1.82) is 0 Å². The van der Waals surface area contributed by atoms with Gasteiger partial charge in [0.15, 0.2) is 5.65 Å². The van der Waals surface area contributed by atoms with Gasteiger partial charge in [0.05, 0.1) is 12.5 Å². The third-order valence-corrected chi connectivity index (χ3v) is 6.10. The van der Waals surface area contributed by atoms with Crippen molar-refractivity contribution in [2.24, 2.45) is 7.05 Å². The van der Waals surface area contributed by atoms with Crippen molar-refractivity contribution in [1.82, 2.24) is 25.0 Å². The standard InChI is InChI=1S/C22H35N5O2/c1-6-7-12-27-13-10-17(11-14-27)24-19(28)9-8-18-15(2)20-21(23-16(18)3)26(4)25-22(20)29-5/h17H,6-14H2,1-5H3,(H,24,28). The van der Waals surface area contributed by atoms with E-state index in [1.54, 1.807) is 11.8 Å². The molecular formula is C22H35N5O2. The number of aromatic nitrogens is 3. The third-order valence-electron chi connectivity index (χ3n) is 6.10. The van der Waals surface area contributed by atoms with Crippen molar-refractivity contribution in [3.05, 3.63) is 16.8 Å². The monoisotopic (exact) mass is 401 g/mol. The Morgan fingerprint density at radius 3 is 2.66 bits per heavy atom. The predicted octanol–water partition coefficient (Wildman–Crippen LogP) is 2.91. The van der Waals surface area contributed by atoms with E-state index in [2.05, 4.69) is 29.2 Å². The number of rotatable bonds is 8. The van der Waals surface area contributed by atoms with Crippen LogP contribution >= 0.6 is 0 Å². The van der Waals surface area contributed by atoms with Crippen LogP contribution in [0.4, 0.5) is 0 Å². The van der Waals surface area contributed by atoms with Crippen molar-refractivity contribution in [3.63, 3.8) is 0 Å². The zero-order valence-electron chi connectivity index (χ0n) is 18.5. The molecule has 1 saturated heterocycles. The number of methoxy groups -OCH3 is 1. The molecule has 0 bridgehead atoms. The van der Waals surface area contributed by atoms with E-state index in [0.717, 1.165) is 53.8 Å². The zero-order chi connectivity index (χ0) is 21.0. The second-order valence-electron chi connectivity index (χ2n) is 8.17. The summed E-state index contributed by atoms with van der Waals surface area (Å²) in [6.45, 7) is 9.66. The van der Waals surface area contributed by atoms with E-state index < -0.39 is 0 Å². The molecule has 1 N–H and O–H groups in total. The van der Waals surface area contributed by atoms with Crippen LogP contribution in [-0.2, 0) is 18.3 Å². The van der Waals surface area contributed by atoms with Crippen LogP contribution in [0, 0.1) is 13.8 Å². The molecule has 1 aliphatic heterocycles. The number of nitrogens with one attached hydrogen (secondary N) is 1. The molecule has 1 amide bonds. The first-order chi connectivity index (χ1) is 13.9. The first-order valence-corrected chi connectivity index (χ1v) is 10.8. The van der Waals surface area contributed by atoms with Gasteiger partial charge >= 0.3 is 0 Å². The number of carbonyl (C=O) groups excluding carboxylic acids is 1. The number of nitrogens with zero attached hydrogens (tertiary/aromatic N) is 4.